The minimum absolute atomic E-state index is 0.0606. The van der Waals surface area contributed by atoms with Gasteiger partial charge >= 0.3 is 5.97 Å². The van der Waals surface area contributed by atoms with Gasteiger partial charge in [0.15, 0.2) is 0 Å². The van der Waals surface area contributed by atoms with Crippen LogP contribution in [-0.2, 0) is 4.79 Å². The van der Waals surface area contributed by atoms with Gasteiger partial charge < -0.3 is 5.11 Å². The Balaban J connectivity index is 2.54. The first-order chi connectivity index (χ1) is 8.08. The number of benzene rings is 1. The molecule has 2 aromatic rings. The third-order valence-corrected chi connectivity index (χ3v) is 3.91. The number of hydrogen-bond acceptors (Lipinski definition) is 3. The number of para-hydroxylation sites is 1. The number of fused-ring (bicyclic) bond motifs is 1. The number of aliphatic carboxylic acids is 1. The average molecular weight is 312 g/mol. The highest BCUT2D eigenvalue weighted by Crippen LogP contribution is 2.31. The molecule has 5 heteroatoms. The number of hydrogen-bond donors (Lipinski definition) is 1. The molecule has 0 atom stereocenters. The maximum absolute atomic E-state index is 10.6. The molecule has 1 aromatic carbocycles. The molecule has 0 aliphatic rings. The highest BCUT2D eigenvalue weighted by atomic mass is 79.9. The van der Waals surface area contributed by atoms with E-state index in [2.05, 4.69) is 20.9 Å². The van der Waals surface area contributed by atoms with E-state index in [9.17, 15) is 4.79 Å². The molecule has 0 bridgehead atoms. The Morgan fingerprint density at radius 1 is 1.53 bits per heavy atom. The van der Waals surface area contributed by atoms with Crippen LogP contribution in [0.2, 0.25) is 0 Å². The number of carboxylic acid groups (broad SMARTS) is 1. The SMILES string of the molecule is Cc1cc(SCC(=O)O)c2cccc(Br)c2n1. The van der Waals surface area contributed by atoms with Crippen LogP contribution in [0.3, 0.4) is 0 Å². The maximum Gasteiger partial charge on any atom is 0.313 e. The Hall–Kier alpha value is -1.07. The highest BCUT2D eigenvalue weighted by molar-refractivity contribution is 9.10. The zero-order valence-electron chi connectivity index (χ0n) is 9.11. The second-order valence-corrected chi connectivity index (χ2v) is 5.45. The van der Waals surface area contributed by atoms with E-state index in [0.717, 1.165) is 26.0 Å². The van der Waals surface area contributed by atoms with Crippen molar-refractivity contribution < 1.29 is 9.90 Å². The molecule has 1 N–H and O–H groups in total. The molecule has 0 aliphatic carbocycles. The van der Waals surface area contributed by atoms with Gasteiger partial charge in [-0.25, -0.2) is 0 Å². The Labute approximate surface area is 111 Å². The number of aryl methyl sites for hydroxylation is 1. The van der Waals surface area contributed by atoms with Gasteiger partial charge in [0.2, 0.25) is 0 Å². The Kier molecular flexibility index (Phi) is 3.69. The lowest BCUT2D eigenvalue weighted by atomic mass is 10.2. The first kappa shape index (κ1) is 12.4. The fourth-order valence-corrected chi connectivity index (χ4v) is 2.87. The number of thioether (sulfide) groups is 1. The van der Waals surface area contributed by atoms with Crippen molar-refractivity contribution >= 4 is 44.6 Å². The number of halogens is 1. The van der Waals surface area contributed by atoms with Crippen molar-refractivity contribution in [2.45, 2.75) is 11.8 Å². The molecule has 0 fully saturated rings. The van der Waals surface area contributed by atoms with Crippen molar-refractivity contribution in [1.29, 1.82) is 0 Å². The van der Waals surface area contributed by atoms with Gasteiger partial charge in [-0.2, -0.15) is 0 Å². The summed E-state index contributed by atoms with van der Waals surface area (Å²) in [6, 6.07) is 7.73. The molecular formula is C12H10BrNO2S. The third-order valence-electron chi connectivity index (χ3n) is 2.23. The summed E-state index contributed by atoms with van der Waals surface area (Å²) in [4.78, 5) is 16.0. The van der Waals surface area contributed by atoms with Crippen LogP contribution in [0.1, 0.15) is 5.69 Å². The summed E-state index contributed by atoms with van der Waals surface area (Å²) in [5.41, 5.74) is 1.76. The normalized spacial score (nSPS) is 10.7. The van der Waals surface area contributed by atoms with Crippen molar-refractivity contribution in [3.63, 3.8) is 0 Å². The predicted octanol–water partition coefficient (Wildman–Crippen LogP) is 3.48. The first-order valence-electron chi connectivity index (χ1n) is 4.98. The third kappa shape index (κ3) is 2.79. The van der Waals surface area contributed by atoms with Crippen LogP contribution in [0, 0.1) is 6.92 Å². The molecule has 0 radical (unpaired) electrons. The van der Waals surface area contributed by atoms with Gasteiger partial charge in [0.1, 0.15) is 0 Å². The van der Waals surface area contributed by atoms with Crippen LogP contribution in [0.4, 0.5) is 0 Å². The summed E-state index contributed by atoms with van der Waals surface area (Å²) < 4.78 is 0.927. The maximum atomic E-state index is 10.6. The van der Waals surface area contributed by atoms with Gasteiger partial charge in [0, 0.05) is 20.4 Å². The minimum Gasteiger partial charge on any atom is -0.481 e. The van der Waals surface area contributed by atoms with E-state index in [1.165, 1.54) is 11.8 Å². The summed E-state index contributed by atoms with van der Waals surface area (Å²) in [6.07, 6.45) is 0. The molecule has 0 saturated carbocycles. The molecule has 2 rings (SSSR count). The molecule has 0 aliphatic heterocycles. The predicted molar refractivity (Wildman–Crippen MR) is 72.5 cm³/mol. The largest absolute Gasteiger partial charge is 0.481 e. The number of carboxylic acids is 1. The lowest BCUT2D eigenvalue weighted by Crippen LogP contribution is -1.98. The molecule has 1 heterocycles. The number of rotatable bonds is 3. The Bertz CT molecular complexity index is 586. The summed E-state index contributed by atoms with van der Waals surface area (Å²) in [5, 5.41) is 9.71. The monoisotopic (exact) mass is 311 g/mol. The fourth-order valence-electron chi connectivity index (χ4n) is 1.56. The summed E-state index contributed by atoms with van der Waals surface area (Å²) in [6.45, 7) is 1.91. The van der Waals surface area contributed by atoms with Crippen LogP contribution >= 0.6 is 27.7 Å². The fraction of sp³-hybridized carbons (Fsp3) is 0.167. The van der Waals surface area contributed by atoms with E-state index in [1.54, 1.807) is 0 Å². The van der Waals surface area contributed by atoms with Gasteiger partial charge in [0.25, 0.3) is 0 Å². The molecule has 0 saturated heterocycles. The van der Waals surface area contributed by atoms with Crippen LogP contribution in [0.15, 0.2) is 33.6 Å². The van der Waals surface area contributed by atoms with E-state index in [4.69, 9.17) is 5.11 Å². The van der Waals surface area contributed by atoms with Crippen LogP contribution in [-0.4, -0.2) is 21.8 Å². The topological polar surface area (TPSA) is 50.2 Å². The van der Waals surface area contributed by atoms with Crippen LogP contribution in [0.25, 0.3) is 10.9 Å². The molecule has 3 nitrogen and oxygen atoms in total. The molecule has 17 heavy (non-hydrogen) atoms. The first-order valence-corrected chi connectivity index (χ1v) is 6.76. The van der Waals surface area contributed by atoms with Gasteiger partial charge in [-0.15, -0.1) is 11.8 Å². The quantitative estimate of drug-likeness (QED) is 0.882. The number of pyridine rings is 1. The van der Waals surface area contributed by atoms with Gasteiger partial charge in [-0.1, -0.05) is 12.1 Å². The van der Waals surface area contributed by atoms with Crippen LogP contribution < -0.4 is 0 Å². The van der Waals surface area contributed by atoms with E-state index in [-0.39, 0.29) is 5.75 Å². The number of carbonyl (C=O) groups is 1. The van der Waals surface area contributed by atoms with E-state index >= 15 is 0 Å². The second-order valence-electron chi connectivity index (χ2n) is 3.58. The standard InChI is InChI=1S/C12H10BrNO2S/c1-7-5-10(17-6-11(15)16)8-3-2-4-9(13)12(8)14-7/h2-5H,6H2,1H3,(H,15,16). The van der Waals surface area contributed by atoms with Crippen molar-refractivity contribution in [2.24, 2.45) is 0 Å². The molecule has 0 amide bonds. The highest BCUT2D eigenvalue weighted by Gasteiger charge is 2.08. The van der Waals surface area contributed by atoms with Crippen molar-refractivity contribution in [3.8, 4) is 0 Å². The van der Waals surface area contributed by atoms with Crippen molar-refractivity contribution in [3.05, 3.63) is 34.4 Å². The van der Waals surface area contributed by atoms with Gasteiger partial charge in [-0.05, 0) is 35.0 Å². The van der Waals surface area contributed by atoms with Gasteiger partial charge in [-0.3, -0.25) is 9.78 Å². The molecular weight excluding hydrogens is 302 g/mol. The Morgan fingerprint density at radius 3 is 3.00 bits per heavy atom. The second kappa shape index (κ2) is 5.06. The Morgan fingerprint density at radius 2 is 2.29 bits per heavy atom. The van der Waals surface area contributed by atoms with E-state index < -0.39 is 5.97 Å². The summed E-state index contributed by atoms with van der Waals surface area (Å²) >= 11 is 4.78. The van der Waals surface area contributed by atoms with Crippen molar-refractivity contribution in [2.75, 3.05) is 5.75 Å². The van der Waals surface area contributed by atoms with Crippen LogP contribution in [0.5, 0.6) is 0 Å². The smallest absolute Gasteiger partial charge is 0.313 e. The van der Waals surface area contributed by atoms with E-state index in [1.807, 2.05) is 31.2 Å². The lowest BCUT2D eigenvalue weighted by molar-refractivity contribution is -0.133. The van der Waals surface area contributed by atoms with Gasteiger partial charge in [0.05, 0.1) is 11.3 Å². The zero-order chi connectivity index (χ0) is 12.4. The lowest BCUT2D eigenvalue weighted by Gasteiger charge is -2.07. The number of nitrogens with zero attached hydrogens (tertiary/aromatic N) is 1. The molecule has 0 unspecified atom stereocenters. The van der Waals surface area contributed by atoms with Crippen molar-refractivity contribution in [1.82, 2.24) is 4.98 Å². The average Bonchev–Trinajstić information content (AvgIpc) is 2.27. The van der Waals surface area contributed by atoms with E-state index in [0.29, 0.717) is 0 Å². The number of aromatic nitrogens is 1. The molecule has 0 spiro atoms. The summed E-state index contributed by atoms with van der Waals surface area (Å²) in [5.74, 6) is -0.752. The summed E-state index contributed by atoms with van der Waals surface area (Å²) in [7, 11) is 0. The minimum atomic E-state index is -0.812. The molecule has 88 valence electrons. The molecule has 1 aromatic heterocycles. The zero-order valence-corrected chi connectivity index (χ0v) is 11.5.